The van der Waals surface area contributed by atoms with Crippen molar-refractivity contribution in [3.63, 3.8) is 0 Å². The average molecular weight is 371 g/mol. The standard InChI is InChI=1S/C21H22N2O2.ClH/c1-12-4-5-13(2)19-18(12)14(3)20(25-19)21(24)23-9-15-6-7-16-10-22-11-17(16)8-15;/h4-8,22H,9-11H2,1-3H3,(H,23,24);1H. The fraction of sp³-hybridized carbons (Fsp3) is 0.286. The highest BCUT2D eigenvalue weighted by Crippen LogP contribution is 2.30. The number of hydrogen-bond donors (Lipinski definition) is 2. The van der Waals surface area contributed by atoms with Crippen molar-refractivity contribution in [3.05, 3.63) is 69.5 Å². The van der Waals surface area contributed by atoms with Crippen LogP contribution in [0.3, 0.4) is 0 Å². The van der Waals surface area contributed by atoms with Gasteiger partial charge in [-0.15, -0.1) is 12.4 Å². The number of rotatable bonds is 3. The highest BCUT2D eigenvalue weighted by molar-refractivity contribution is 6.00. The summed E-state index contributed by atoms with van der Waals surface area (Å²) in [5, 5.41) is 7.38. The molecule has 0 radical (unpaired) electrons. The lowest BCUT2D eigenvalue weighted by atomic mass is 10.0. The Morgan fingerprint density at radius 3 is 2.58 bits per heavy atom. The van der Waals surface area contributed by atoms with Gasteiger partial charge in [0.15, 0.2) is 5.76 Å². The van der Waals surface area contributed by atoms with Crippen molar-refractivity contribution in [2.75, 3.05) is 0 Å². The van der Waals surface area contributed by atoms with Crippen molar-refractivity contribution < 1.29 is 9.21 Å². The molecule has 0 spiro atoms. The molecule has 136 valence electrons. The summed E-state index contributed by atoms with van der Waals surface area (Å²) in [4.78, 5) is 12.6. The van der Waals surface area contributed by atoms with Gasteiger partial charge < -0.3 is 15.1 Å². The number of carbonyl (C=O) groups excluding carboxylic acids is 1. The first-order valence-corrected chi connectivity index (χ1v) is 8.63. The number of hydrogen-bond acceptors (Lipinski definition) is 3. The molecular formula is C21H23ClN2O2. The summed E-state index contributed by atoms with van der Waals surface area (Å²) in [6.07, 6.45) is 0. The largest absolute Gasteiger partial charge is 0.450 e. The summed E-state index contributed by atoms with van der Waals surface area (Å²) in [5.74, 6) is 0.251. The lowest BCUT2D eigenvalue weighted by Gasteiger charge is -2.06. The van der Waals surface area contributed by atoms with Crippen molar-refractivity contribution in [3.8, 4) is 0 Å². The van der Waals surface area contributed by atoms with Gasteiger partial charge in [0.1, 0.15) is 5.58 Å². The zero-order valence-electron chi connectivity index (χ0n) is 15.2. The van der Waals surface area contributed by atoms with Crippen LogP contribution < -0.4 is 10.6 Å². The fourth-order valence-corrected chi connectivity index (χ4v) is 3.61. The minimum absolute atomic E-state index is 0. The molecule has 2 heterocycles. The van der Waals surface area contributed by atoms with E-state index in [4.69, 9.17) is 4.42 Å². The van der Waals surface area contributed by atoms with Crippen molar-refractivity contribution in [2.45, 2.75) is 40.4 Å². The van der Waals surface area contributed by atoms with Crippen LogP contribution >= 0.6 is 12.4 Å². The van der Waals surface area contributed by atoms with Crippen molar-refractivity contribution in [1.29, 1.82) is 0 Å². The summed E-state index contributed by atoms with van der Waals surface area (Å²) in [6, 6.07) is 10.5. The van der Waals surface area contributed by atoms with Crippen LogP contribution in [0, 0.1) is 20.8 Å². The van der Waals surface area contributed by atoms with E-state index in [1.54, 1.807) is 0 Å². The van der Waals surface area contributed by atoms with Gasteiger partial charge in [-0.3, -0.25) is 4.79 Å². The third-order valence-corrected chi connectivity index (χ3v) is 5.04. The molecule has 1 aliphatic heterocycles. The molecule has 0 fully saturated rings. The van der Waals surface area contributed by atoms with Gasteiger partial charge >= 0.3 is 0 Å². The molecule has 0 saturated heterocycles. The lowest BCUT2D eigenvalue weighted by molar-refractivity contribution is 0.0924. The third kappa shape index (κ3) is 3.11. The van der Waals surface area contributed by atoms with Crippen LogP contribution in [-0.4, -0.2) is 5.91 Å². The van der Waals surface area contributed by atoms with Gasteiger partial charge in [0.05, 0.1) is 0 Å². The topological polar surface area (TPSA) is 54.3 Å². The number of furan rings is 1. The molecule has 2 aromatic carbocycles. The van der Waals surface area contributed by atoms with Crippen LogP contribution in [0.5, 0.6) is 0 Å². The normalized spacial score (nSPS) is 12.7. The Kier molecular flexibility index (Phi) is 5.08. The maximum atomic E-state index is 12.6. The van der Waals surface area contributed by atoms with E-state index in [-0.39, 0.29) is 18.3 Å². The van der Waals surface area contributed by atoms with E-state index in [0.29, 0.717) is 12.3 Å². The quantitative estimate of drug-likeness (QED) is 0.722. The second-order valence-corrected chi connectivity index (χ2v) is 6.85. The van der Waals surface area contributed by atoms with Gasteiger partial charge in [-0.05, 0) is 48.6 Å². The molecule has 0 atom stereocenters. The van der Waals surface area contributed by atoms with Crippen LogP contribution in [0.2, 0.25) is 0 Å². The Hall–Kier alpha value is -2.30. The predicted octanol–water partition coefficient (Wildman–Crippen LogP) is 4.31. The first kappa shape index (κ1) is 18.5. The number of nitrogens with one attached hydrogen (secondary N) is 2. The molecule has 4 nitrogen and oxygen atoms in total. The van der Waals surface area contributed by atoms with Gasteiger partial charge in [0.25, 0.3) is 5.91 Å². The van der Waals surface area contributed by atoms with Crippen molar-refractivity contribution in [2.24, 2.45) is 0 Å². The Labute approximate surface area is 159 Å². The van der Waals surface area contributed by atoms with E-state index in [1.165, 1.54) is 11.1 Å². The van der Waals surface area contributed by atoms with Crippen LogP contribution in [0.15, 0.2) is 34.7 Å². The van der Waals surface area contributed by atoms with E-state index in [0.717, 1.165) is 46.3 Å². The third-order valence-electron chi connectivity index (χ3n) is 5.04. The van der Waals surface area contributed by atoms with Crippen molar-refractivity contribution >= 4 is 29.3 Å². The summed E-state index contributed by atoms with van der Waals surface area (Å²) in [6.45, 7) is 8.33. The molecule has 1 aromatic heterocycles. The lowest BCUT2D eigenvalue weighted by Crippen LogP contribution is -2.23. The Morgan fingerprint density at radius 2 is 1.81 bits per heavy atom. The Morgan fingerprint density at radius 1 is 1.08 bits per heavy atom. The second kappa shape index (κ2) is 7.14. The molecule has 0 saturated carbocycles. The van der Waals surface area contributed by atoms with Crippen LogP contribution in [-0.2, 0) is 19.6 Å². The molecular weight excluding hydrogens is 348 g/mol. The molecule has 2 N–H and O–H groups in total. The number of amides is 1. The van der Waals surface area contributed by atoms with Crippen LogP contribution in [0.1, 0.15) is 43.9 Å². The minimum atomic E-state index is -0.161. The maximum Gasteiger partial charge on any atom is 0.287 e. The van der Waals surface area contributed by atoms with Crippen LogP contribution in [0.4, 0.5) is 0 Å². The average Bonchev–Trinajstić information content (AvgIpc) is 3.20. The summed E-state index contributed by atoms with van der Waals surface area (Å²) >= 11 is 0. The summed E-state index contributed by atoms with van der Waals surface area (Å²) in [5.41, 5.74) is 7.67. The van der Waals surface area contributed by atoms with E-state index in [9.17, 15) is 4.79 Å². The smallest absolute Gasteiger partial charge is 0.287 e. The first-order chi connectivity index (χ1) is 12.0. The van der Waals surface area contributed by atoms with Crippen LogP contribution in [0.25, 0.3) is 11.0 Å². The zero-order chi connectivity index (χ0) is 17.6. The first-order valence-electron chi connectivity index (χ1n) is 8.63. The minimum Gasteiger partial charge on any atom is -0.450 e. The van der Waals surface area contributed by atoms with Gasteiger partial charge in [0.2, 0.25) is 0 Å². The summed E-state index contributed by atoms with van der Waals surface area (Å²) < 4.78 is 5.91. The zero-order valence-corrected chi connectivity index (χ0v) is 16.0. The summed E-state index contributed by atoms with van der Waals surface area (Å²) in [7, 11) is 0. The molecule has 4 rings (SSSR count). The molecule has 1 amide bonds. The molecule has 0 unspecified atom stereocenters. The van der Waals surface area contributed by atoms with E-state index < -0.39 is 0 Å². The Balaban J connectivity index is 0.00000196. The predicted molar refractivity (Wildman–Crippen MR) is 106 cm³/mol. The van der Waals surface area contributed by atoms with Gasteiger partial charge in [-0.2, -0.15) is 0 Å². The fourth-order valence-electron chi connectivity index (χ4n) is 3.61. The number of benzene rings is 2. The number of halogens is 1. The molecule has 26 heavy (non-hydrogen) atoms. The van der Waals surface area contributed by atoms with Gasteiger partial charge in [-0.1, -0.05) is 30.3 Å². The number of fused-ring (bicyclic) bond motifs is 2. The molecule has 5 heteroatoms. The molecule has 0 bridgehead atoms. The van der Waals surface area contributed by atoms with Crippen molar-refractivity contribution in [1.82, 2.24) is 10.6 Å². The van der Waals surface area contributed by atoms with E-state index in [2.05, 4.69) is 34.9 Å². The highest BCUT2D eigenvalue weighted by atomic mass is 35.5. The second-order valence-electron chi connectivity index (χ2n) is 6.85. The number of aryl methyl sites for hydroxylation is 3. The van der Waals surface area contributed by atoms with Gasteiger partial charge in [-0.25, -0.2) is 0 Å². The van der Waals surface area contributed by atoms with E-state index in [1.807, 2.05) is 26.8 Å². The Bertz CT molecular complexity index is 991. The molecule has 0 aliphatic carbocycles. The number of carbonyl (C=O) groups is 1. The maximum absolute atomic E-state index is 12.6. The highest BCUT2D eigenvalue weighted by Gasteiger charge is 2.20. The molecule has 1 aliphatic rings. The van der Waals surface area contributed by atoms with Gasteiger partial charge in [0, 0.05) is 30.6 Å². The van der Waals surface area contributed by atoms with E-state index >= 15 is 0 Å². The molecule has 3 aromatic rings. The SMILES string of the molecule is Cc1ccc(C)c2c(C)c(C(=O)NCc3ccc4c(c3)CNC4)oc12.Cl. The monoisotopic (exact) mass is 370 g/mol.